The molecule has 0 unspecified atom stereocenters. The van der Waals surface area contributed by atoms with Crippen molar-refractivity contribution in [3.05, 3.63) is 65.2 Å². The summed E-state index contributed by atoms with van der Waals surface area (Å²) in [6.07, 6.45) is 0. The van der Waals surface area contributed by atoms with Crippen molar-refractivity contribution in [3.63, 3.8) is 0 Å². The number of ether oxygens (including phenoxy) is 3. The summed E-state index contributed by atoms with van der Waals surface area (Å²) >= 11 is 1.50. The zero-order valence-corrected chi connectivity index (χ0v) is 15.4. The van der Waals surface area contributed by atoms with Gasteiger partial charge < -0.3 is 14.2 Å². The number of nitrogens with zero attached hydrogens (tertiary/aromatic N) is 1. The van der Waals surface area contributed by atoms with E-state index in [9.17, 15) is 4.79 Å². The fraction of sp³-hybridized carbons (Fsp3) is 0.200. The van der Waals surface area contributed by atoms with Crippen LogP contribution in [-0.4, -0.2) is 24.7 Å². The highest BCUT2D eigenvalue weighted by Crippen LogP contribution is 2.27. The smallest absolute Gasteiger partial charge is 0.344 e. The molecule has 0 aliphatic heterocycles. The topological polar surface area (TPSA) is 57.7 Å². The first kappa shape index (κ1) is 17.9. The number of aryl methyl sites for hydroxylation is 1. The maximum atomic E-state index is 11.8. The van der Waals surface area contributed by atoms with Crippen LogP contribution in [0.4, 0.5) is 0 Å². The van der Waals surface area contributed by atoms with Crippen LogP contribution < -0.4 is 9.47 Å². The zero-order valence-electron chi connectivity index (χ0n) is 14.6. The lowest BCUT2D eigenvalue weighted by Gasteiger charge is -2.06. The molecule has 26 heavy (non-hydrogen) atoms. The third-order valence-electron chi connectivity index (χ3n) is 3.60. The standard InChI is InChI=1S/C20H19NO4S/c1-14-5-3-8-18(9-14)24-12-19(22)25-11-16-13-26-20(21-16)15-6-4-7-17(10-15)23-2/h3-10,13H,11-12H2,1-2H3. The van der Waals surface area contributed by atoms with Crippen molar-refractivity contribution in [2.75, 3.05) is 13.7 Å². The van der Waals surface area contributed by atoms with Crippen molar-refractivity contribution >= 4 is 17.3 Å². The first-order chi connectivity index (χ1) is 12.6. The second-order valence-electron chi connectivity index (χ2n) is 5.64. The van der Waals surface area contributed by atoms with Crippen molar-refractivity contribution in [1.82, 2.24) is 4.98 Å². The largest absolute Gasteiger partial charge is 0.497 e. The van der Waals surface area contributed by atoms with E-state index in [0.717, 1.165) is 21.9 Å². The van der Waals surface area contributed by atoms with Gasteiger partial charge in [-0.2, -0.15) is 0 Å². The lowest BCUT2D eigenvalue weighted by Crippen LogP contribution is -2.14. The van der Waals surface area contributed by atoms with Gasteiger partial charge in [0.15, 0.2) is 6.61 Å². The molecule has 0 atom stereocenters. The van der Waals surface area contributed by atoms with Gasteiger partial charge in [0.1, 0.15) is 23.1 Å². The Kier molecular flexibility index (Phi) is 5.86. The molecule has 0 N–H and O–H groups in total. The average molecular weight is 369 g/mol. The first-order valence-corrected chi connectivity index (χ1v) is 8.96. The van der Waals surface area contributed by atoms with Crippen LogP contribution in [0.25, 0.3) is 10.6 Å². The minimum atomic E-state index is -0.428. The molecule has 0 amide bonds. The lowest BCUT2D eigenvalue weighted by molar-refractivity contribution is -0.147. The number of methoxy groups -OCH3 is 1. The summed E-state index contributed by atoms with van der Waals surface area (Å²) < 4.78 is 15.9. The molecule has 0 saturated carbocycles. The van der Waals surface area contributed by atoms with Gasteiger partial charge in [-0.1, -0.05) is 24.3 Å². The van der Waals surface area contributed by atoms with Crippen LogP contribution in [0.15, 0.2) is 53.9 Å². The third kappa shape index (κ3) is 4.83. The summed E-state index contributed by atoms with van der Waals surface area (Å²) in [6.45, 7) is 1.96. The molecule has 134 valence electrons. The Labute approximate surface area is 156 Å². The number of hydrogen-bond acceptors (Lipinski definition) is 6. The number of esters is 1. The highest BCUT2D eigenvalue weighted by Gasteiger charge is 2.09. The number of thiazole rings is 1. The minimum absolute atomic E-state index is 0.122. The van der Waals surface area contributed by atoms with Gasteiger partial charge >= 0.3 is 5.97 Å². The summed E-state index contributed by atoms with van der Waals surface area (Å²) in [7, 11) is 1.63. The molecule has 0 aliphatic rings. The van der Waals surface area contributed by atoms with E-state index < -0.39 is 5.97 Å². The fourth-order valence-electron chi connectivity index (χ4n) is 2.31. The van der Waals surface area contributed by atoms with E-state index in [1.165, 1.54) is 11.3 Å². The highest BCUT2D eigenvalue weighted by molar-refractivity contribution is 7.13. The molecule has 1 aromatic heterocycles. The third-order valence-corrected chi connectivity index (χ3v) is 4.54. The Morgan fingerprint density at radius 2 is 1.92 bits per heavy atom. The maximum Gasteiger partial charge on any atom is 0.344 e. The highest BCUT2D eigenvalue weighted by atomic mass is 32.1. The van der Waals surface area contributed by atoms with E-state index in [1.54, 1.807) is 13.2 Å². The maximum absolute atomic E-state index is 11.8. The molecule has 5 nitrogen and oxygen atoms in total. The molecule has 0 spiro atoms. The number of rotatable bonds is 7. The molecule has 0 aliphatic carbocycles. The van der Waals surface area contributed by atoms with Crippen LogP contribution in [-0.2, 0) is 16.1 Å². The second kappa shape index (κ2) is 8.49. The Morgan fingerprint density at radius 3 is 2.73 bits per heavy atom. The molecule has 1 heterocycles. The van der Waals surface area contributed by atoms with Crippen molar-refractivity contribution < 1.29 is 19.0 Å². The molecule has 0 saturated heterocycles. The Hall–Kier alpha value is -2.86. The predicted octanol–water partition coefficient (Wildman–Crippen LogP) is 4.25. The van der Waals surface area contributed by atoms with Crippen molar-refractivity contribution in [3.8, 4) is 22.1 Å². The van der Waals surface area contributed by atoms with Gasteiger partial charge in [0.25, 0.3) is 0 Å². The summed E-state index contributed by atoms with van der Waals surface area (Å²) in [4.78, 5) is 16.3. The van der Waals surface area contributed by atoms with Crippen molar-refractivity contribution in [2.45, 2.75) is 13.5 Å². The Morgan fingerprint density at radius 1 is 1.12 bits per heavy atom. The minimum Gasteiger partial charge on any atom is -0.497 e. The lowest BCUT2D eigenvalue weighted by atomic mass is 10.2. The molecule has 0 bridgehead atoms. The number of hydrogen-bond donors (Lipinski definition) is 0. The van der Waals surface area contributed by atoms with Crippen molar-refractivity contribution in [2.24, 2.45) is 0 Å². The van der Waals surface area contributed by atoms with Gasteiger partial charge in [-0.25, -0.2) is 9.78 Å². The van der Waals surface area contributed by atoms with Gasteiger partial charge in [0.05, 0.1) is 12.8 Å². The van der Waals surface area contributed by atoms with Gasteiger partial charge in [0, 0.05) is 10.9 Å². The van der Waals surface area contributed by atoms with Gasteiger partial charge in [-0.05, 0) is 36.8 Å². The Bertz CT molecular complexity index is 891. The van der Waals surface area contributed by atoms with Crippen molar-refractivity contribution in [1.29, 1.82) is 0 Å². The molecule has 2 aromatic carbocycles. The van der Waals surface area contributed by atoms with E-state index in [1.807, 2.05) is 54.8 Å². The number of aromatic nitrogens is 1. The molecular formula is C20H19NO4S. The molecule has 3 aromatic rings. The van der Waals surface area contributed by atoms with Gasteiger partial charge in [0.2, 0.25) is 0 Å². The molecule has 3 rings (SSSR count). The monoisotopic (exact) mass is 369 g/mol. The van der Waals surface area contributed by atoms with Crippen LogP contribution >= 0.6 is 11.3 Å². The van der Waals surface area contributed by atoms with E-state index in [2.05, 4.69) is 4.98 Å². The summed E-state index contributed by atoms with van der Waals surface area (Å²) in [6, 6.07) is 15.2. The zero-order chi connectivity index (χ0) is 18.4. The first-order valence-electron chi connectivity index (χ1n) is 8.08. The Balaban J connectivity index is 1.52. The van der Waals surface area contributed by atoms with Crippen LogP contribution in [0, 0.1) is 6.92 Å². The average Bonchev–Trinajstić information content (AvgIpc) is 3.14. The summed E-state index contributed by atoms with van der Waals surface area (Å²) in [5.41, 5.74) is 2.75. The van der Waals surface area contributed by atoms with E-state index >= 15 is 0 Å². The van der Waals surface area contributed by atoms with Crippen LogP contribution in [0.3, 0.4) is 0 Å². The molecule has 0 radical (unpaired) electrons. The molecule has 6 heteroatoms. The van der Waals surface area contributed by atoms with E-state index in [4.69, 9.17) is 14.2 Å². The fourth-order valence-corrected chi connectivity index (χ4v) is 3.11. The van der Waals surface area contributed by atoms with E-state index in [-0.39, 0.29) is 13.2 Å². The molecule has 0 fully saturated rings. The number of carbonyl (C=O) groups is 1. The van der Waals surface area contributed by atoms with Crippen LogP contribution in [0.5, 0.6) is 11.5 Å². The molecular weight excluding hydrogens is 350 g/mol. The van der Waals surface area contributed by atoms with Crippen LogP contribution in [0.2, 0.25) is 0 Å². The van der Waals surface area contributed by atoms with Gasteiger partial charge in [-0.3, -0.25) is 0 Å². The van der Waals surface area contributed by atoms with Crippen LogP contribution in [0.1, 0.15) is 11.3 Å². The normalized spacial score (nSPS) is 10.4. The SMILES string of the molecule is COc1cccc(-c2nc(COC(=O)COc3cccc(C)c3)cs2)c1. The predicted molar refractivity (Wildman–Crippen MR) is 101 cm³/mol. The quantitative estimate of drug-likeness (QED) is 0.583. The van der Waals surface area contributed by atoms with E-state index in [0.29, 0.717) is 11.4 Å². The number of benzene rings is 2. The number of carbonyl (C=O) groups excluding carboxylic acids is 1. The summed E-state index contributed by atoms with van der Waals surface area (Å²) in [5, 5.41) is 2.73. The van der Waals surface area contributed by atoms with Gasteiger partial charge in [-0.15, -0.1) is 11.3 Å². The summed E-state index contributed by atoms with van der Waals surface area (Å²) in [5.74, 6) is 0.998. The second-order valence-corrected chi connectivity index (χ2v) is 6.50.